The van der Waals surface area contributed by atoms with Crippen LogP contribution in [0.1, 0.15) is 13.3 Å². The molecule has 0 spiro atoms. The second-order valence-corrected chi connectivity index (χ2v) is 8.57. The number of hydrogen-bond donors (Lipinski definition) is 0. The minimum Gasteiger partial charge on any atom is -0.282 e. The van der Waals surface area contributed by atoms with Crippen LogP contribution in [0.25, 0.3) is 0 Å². The van der Waals surface area contributed by atoms with Crippen LogP contribution in [0.3, 0.4) is 0 Å². The predicted octanol–water partition coefficient (Wildman–Crippen LogP) is 3.75. The lowest BCUT2D eigenvalue weighted by atomic mass is 10.4. The first kappa shape index (κ1) is 14.9. The Morgan fingerprint density at radius 3 is 2.88 bits per heavy atom. The highest BCUT2D eigenvalue weighted by Crippen LogP contribution is 2.32. The highest BCUT2D eigenvalue weighted by molar-refractivity contribution is 8.19. The van der Waals surface area contributed by atoms with Crippen molar-refractivity contribution in [2.45, 2.75) is 18.6 Å². The minimum atomic E-state index is 0.142. The molecular formula is C11H18OS4. The number of thioether (sulfide) groups is 4. The summed E-state index contributed by atoms with van der Waals surface area (Å²) in [4.78, 5) is 11.2. The Morgan fingerprint density at radius 2 is 2.25 bits per heavy atom. The van der Waals surface area contributed by atoms with E-state index in [1.807, 2.05) is 11.8 Å². The molecule has 0 aliphatic carbocycles. The molecule has 5 heteroatoms. The van der Waals surface area contributed by atoms with E-state index in [1.54, 1.807) is 6.92 Å². The van der Waals surface area contributed by atoms with Crippen molar-refractivity contribution >= 4 is 52.2 Å². The molecule has 0 bridgehead atoms. The van der Waals surface area contributed by atoms with Gasteiger partial charge in [-0.25, -0.2) is 0 Å². The zero-order chi connectivity index (χ0) is 11.8. The highest BCUT2D eigenvalue weighted by Gasteiger charge is 2.15. The third-order valence-corrected chi connectivity index (χ3v) is 7.31. The van der Waals surface area contributed by atoms with Crippen LogP contribution < -0.4 is 0 Å². The van der Waals surface area contributed by atoms with Gasteiger partial charge in [0.25, 0.3) is 0 Å². The Balaban J connectivity index is 1.88. The van der Waals surface area contributed by atoms with E-state index in [4.69, 9.17) is 0 Å². The number of rotatable bonds is 7. The van der Waals surface area contributed by atoms with E-state index in [1.165, 1.54) is 34.8 Å². The topological polar surface area (TPSA) is 17.1 Å². The smallest absolute Gasteiger partial charge is 0.214 e. The molecule has 0 amide bonds. The lowest BCUT2D eigenvalue weighted by Crippen LogP contribution is -2.03. The fourth-order valence-corrected chi connectivity index (χ4v) is 6.14. The Labute approximate surface area is 115 Å². The van der Waals surface area contributed by atoms with E-state index in [-0.39, 0.29) is 5.12 Å². The van der Waals surface area contributed by atoms with Crippen LogP contribution in [0.5, 0.6) is 0 Å². The van der Waals surface area contributed by atoms with E-state index in [2.05, 4.69) is 30.1 Å². The minimum absolute atomic E-state index is 0.142. The van der Waals surface area contributed by atoms with Gasteiger partial charge in [0.05, 0.1) is 0 Å². The van der Waals surface area contributed by atoms with E-state index in [0.29, 0.717) is 5.57 Å². The molecule has 1 unspecified atom stereocenters. The molecule has 0 aromatic heterocycles. The average molecular weight is 295 g/mol. The molecule has 0 saturated carbocycles. The van der Waals surface area contributed by atoms with Crippen molar-refractivity contribution in [3.63, 3.8) is 0 Å². The van der Waals surface area contributed by atoms with Crippen LogP contribution in [0.15, 0.2) is 12.2 Å². The SMILES string of the molecule is C=C(C)C(=O)SCCSCCC1CSCS1. The van der Waals surface area contributed by atoms with Crippen LogP contribution in [0.2, 0.25) is 0 Å². The third-order valence-electron chi connectivity index (χ3n) is 2.08. The maximum Gasteiger partial charge on any atom is 0.214 e. The highest BCUT2D eigenvalue weighted by atomic mass is 32.2. The van der Waals surface area contributed by atoms with Gasteiger partial charge in [0.2, 0.25) is 5.12 Å². The molecule has 16 heavy (non-hydrogen) atoms. The summed E-state index contributed by atoms with van der Waals surface area (Å²) in [6.07, 6.45) is 1.32. The van der Waals surface area contributed by atoms with Gasteiger partial charge in [-0.1, -0.05) is 18.3 Å². The van der Waals surface area contributed by atoms with E-state index < -0.39 is 0 Å². The van der Waals surface area contributed by atoms with E-state index in [9.17, 15) is 4.79 Å². The van der Waals surface area contributed by atoms with Gasteiger partial charge in [-0.15, -0.1) is 23.5 Å². The summed E-state index contributed by atoms with van der Waals surface area (Å²) in [5.41, 5.74) is 0.661. The molecule has 1 fully saturated rings. The van der Waals surface area contributed by atoms with Crippen molar-refractivity contribution in [1.82, 2.24) is 0 Å². The Morgan fingerprint density at radius 1 is 1.44 bits per heavy atom. The van der Waals surface area contributed by atoms with Gasteiger partial charge in [0, 0.05) is 27.6 Å². The predicted molar refractivity (Wildman–Crippen MR) is 82.9 cm³/mol. The molecule has 1 nitrogen and oxygen atoms in total. The summed E-state index contributed by atoms with van der Waals surface area (Å²) < 4.78 is 0. The maximum atomic E-state index is 11.2. The van der Waals surface area contributed by atoms with E-state index >= 15 is 0 Å². The molecule has 1 saturated heterocycles. The third kappa shape index (κ3) is 6.52. The second kappa shape index (κ2) is 8.84. The van der Waals surface area contributed by atoms with Crippen LogP contribution in [-0.2, 0) is 4.79 Å². The van der Waals surface area contributed by atoms with Crippen molar-refractivity contribution in [2.24, 2.45) is 0 Å². The van der Waals surface area contributed by atoms with Crippen LogP contribution in [0, 0.1) is 0 Å². The first-order valence-corrected chi connectivity index (χ1v) is 9.64. The lowest BCUT2D eigenvalue weighted by molar-refractivity contribution is -0.107. The van der Waals surface area contributed by atoms with Crippen molar-refractivity contribution in [2.75, 3.05) is 28.1 Å². The first-order valence-electron chi connectivity index (χ1n) is 5.30. The van der Waals surface area contributed by atoms with Gasteiger partial charge in [0.1, 0.15) is 0 Å². The zero-order valence-electron chi connectivity index (χ0n) is 9.57. The van der Waals surface area contributed by atoms with Gasteiger partial charge in [-0.05, 0) is 24.7 Å². The normalized spacial score (nSPS) is 19.9. The van der Waals surface area contributed by atoms with Crippen LogP contribution >= 0.6 is 47.0 Å². The molecule has 0 N–H and O–H groups in total. The van der Waals surface area contributed by atoms with Crippen molar-refractivity contribution in [3.05, 3.63) is 12.2 Å². The Bertz CT molecular complexity index is 236. The summed E-state index contributed by atoms with van der Waals surface area (Å²) in [6, 6.07) is 0. The van der Waals surface area contributed by atoms with Gasteiger partial charge in [-0.3, -0.25) is 4.79 Å². The van der Waals surface area contributed by atoms with E-state index in [0.717, 1.165) is 16.8 Å². The number of carbonyl (C=O) groups is 1. The fraction of sp³-hybridized carbons (Fsp3) is 0.727. The molecule has 1 atom stereocenters. The molecule has 1 rings (SSSR count). The first-order chi connectivity index (χ1) is 7.70. The monoisotopic (exact) mass is 294 g/mol. The Hall–Kier alpha value is 0.810. The molecule has 92 valence electrons. The summed E-state index contributed by atoms with van der Waals surface area (Å²) in [5.74, 6) is 4.56. The second-order valence-electron chi connectivity index (χ2n) is 3.59. The van der Waals surface area contributed by atoms with Crippen molar-refractivity contribution in [3.8, 4) is 0 Å². The molecule has 0 aromatic rings. The van der Waals surface area contributed by atoms with Gasteiger partial charge >= 0.3 is 0 Å². The Kier molecular flexibility index (Phi) is 8.21. The number of carbonyl (C=O) groups excluding carboxylic acids is 1. The van der Waals surface area contributed by atoms with Gasteiger partial charge in [0.15, 0.2) is 0 Å². The van der Waals surface area contributed by atoms with Crippen LogP contribution in [-0.4, -0.2) is 38.5 Å². The summed E-state index contributed by atoms with van der Waals surface area (Å²) in [5, 5.41) is 2.30. The molecule has 1 aliphatic heterocycles. The standard InChI is InChI=1S/C11H18OS4/c1-9(2)11(12)15-6-5-13-4-3-10-7-14-8-16-10/h10H,1,3-8H2,2H3. The molecule has 1 heterocycles. The average Bonchev–Trinajstić information content (AvgIpc) is 2.75. The largest absolute Gasteiger partial charge is 0.282 e. The number of hydrogen-bond acceptors (Lipinski definition) is 5. The fourth-order valence-electron chi connectivity index (χ4n) is 1.17. The molecule has 0 aromatic carbocycles. The molecule has 0 radical (unpaired) electrons. The summed E-state index contributed by atoms with van der Waals surface area (Å²) in [6.45, 7) is 5.42. The van der Waals surface area contributed by atoms with Crippen LogP contribution in [0.4, 0.5) is 0 Å². The quantitative estimate of drug-likeness (QED) is 0.524. The van der Waals surface area contributed by atoms with Gasteiger partial charge < -0.3 is 0 Å². The summed E-state index contributed by atoms with van der Waals surface area (Å²) in [7, 11) is 0. The summed E-state index contributed by atoms with van der Waals surface area (Å²) >= 11 is 7.51. The lowest BCUT2D eigenvalue weighted by Gasteiger charge is -2.06. The molecular weight excluding hydrogens is 276 g/mol. The van der Waals surface area contributed by atoms with Crippen molar-refractivity contribution < 1.29 is 4.79 Å². The molecule has 1 aliphatic rings. The maximum absolute atomic E-state index is 11.2. The van der Waals surface area contributed by atoms with Gasteiger partial charge in [-0.2, -0.15) is 11.8 Å². The van der Waals surface area contributed by atoms with Crippen molar-refractivity contribution in [1.29, 1.82) is 0 Å². The zero-order valence-corrected chi connectivity index (χ0v) is 12.8.